The second kappa shape index (κ2) is 8.04. The van der Waals surface area contributed by atoms with Crippen molar-refractivity contribution in [3.8, 4) is 0 Å². The Balaban J connectivity index is 2.08. The third-order valence-electron chi connectivity index (χ3n) is 4.52. The van der Waals surface area contributed by atoms with E-state index in [2.05, 4.69) is 21.2 Å². The molecule has 150 valence electrons. The number of hydrogen-bond donors (Lipinski definition) is 1. The molecule has 1 aliphatic heterocycles. The van der Waals surface area contributed by atoms with Crippen LogP contribution in [0.25, 0.3) is 0 Å². The Bertz CT molecular complexity index is 1010. The van der Waals surface area contributed by atoms with E-state index in [0.29, 0.717) is 11.4 Å². The van der Waals surface area contributed by atoms with Crippen molar-refractivity contribution in [2.45, 2.75) is 19.4 Å². The van der Waals surface area contributed by atoms with Crippen LogP contribution < -0.4 is 10.2 Å². The van der Waals surface area contributed by atoms with Crippen LogP contribution in [0.5, 0.6) is 0 Å². The number of ether oxygens (including phenoxy) is 1. The van der Waals surface area contributed by atoms with Crippen LogP contribution >= 0.6 is 15.9 Å². The number of nitro benzene ring substituents is 1. The molecule has 0 saturated carbocycles. The van der Waals surface area contributed by atoms with Crippen LogP contribution in [-0.2, 0) is 14.3 Å². The molecule has 0 fully saturated rings. The van der Waals surface area contributed by atoms with Crippen molar-refractivity contribution in [2.24, 2.45) is 0 Å². The lowest BCUT2D eigenvalue weighted by Gasteiger charge is -2.33. The van der Waals surface area contributed by atoms with Crippen LogP contribution in [0, 0.1) is 10.1 Å². The normalized spacial score (nSPS) is 18.7. The highest BCUT2D eigenvalue weighted by Gasteiger charge is 2.54. The summed E-state index contributed by atoms with van der Waals surface area (Å²) >= 11 is 3.40. The van der Waals surface area contributed by atoms with Gasteiger partial charge in [0, 0.05) is 23.5 Å². The van der Waals surface area contributed by atoms with E-state index >= 15 is 0 Å². The van der Waals surface area contributed by atoms with Gasteiger partial charge in [-0.05, 0) is 48.0 Å². The number of carbonyl (C=O) groups excluding carboxylic acids is 2. The average Bonchev–Trinajstić information content (AvgIpc) is 2.90. The molecule has 2 aromatic carbocycles. The topological polar surface area (TPSA) is 102 Å². The molecule has 1 atom stereocenters. The molecule has 29 heavy (non-hydrogen) atoms. The van der Waals surface area contributed by atoms with Crippen LogP contribution in [0.3, 0.4) is 0 Å². The van der Waals surface area contributed by atoms with Gasteiger partial charge in [-0.1, -0.05) is 24.3 Å². The largest absolute Gasteiger partial charge is 0.464 e. The fraction of sp³-hybridized carbons (Fsp3) is 0.200. The SMILES string of the molecule is CCOC(=O)C1(C)C(Br)=C(Nc2cccc([N+](=O)[O-])c2)C(=O)N1c1ccccc1. The monoisotopic (exact) mass is 459 g/mol. The Kier molecular flexibility index (Phi) is 5.69. The predicted molar refractivity (Wildman–Crippen MR) is 112 cm³/mol. The van der Waals surface area contributed by atoms with Crippen LogP contribution in [0.2, 0.25) is 0 Å². The van der Waals surface area contributed by atoms with E-state index < -0.39 is 22.3 Å². The number of non-ortho nitro benzene ring substituents is 1. The summed E-state index contributed by atoms with van der Waals surface area (Å²) in [5, 5.41) is 14.0. The van der Waals surface area contributed by atoms with Crippen molar-refractivity contribution < 1.29 is 19.2 Å². The highest BCUT2D eigenvalue weighted by Crippen LogP contribution is 2.43. The molecule has 8 nitrogen and oxygen atoms in total. The average molecular weight is 460 g/mol. The number of halogens is 1. The zero-order valence-corrected chi connectivity index (χ0v) is 17.3. The summed E-state index contributed by atoms with van der Waals surface area (Å²) in [6.07, 6.45) is 0. The number of benzene rings is 2. The molecule has 0 saturated heterocycles. The Morgan fingerprint density at radius 1 is 1.24 bits per heavy atom. The van der Waals surface area contributed by atoms with Crippen LogP contribution in [0.4, 0.5) is 17.1 Å². The molecule has 0 radical (unpaired) electrons. The highest BCUT2D eigenvalue weighted by molar-refractivity contribution is 9.11. The van der Waals surface area contributed by atoms with Crippen molar-refractivity contribution in [3.05, 3.63) is 74.9 Å². The molecule has 3 rings (SSSR count). The minimum atomic E-state index is -1.43. The summed E-state index contributed by atoms with van der Waals surface area (Å²) in [5.41, 5.74) is -0.589. The third-order valence-corrected chi connectivity index (χ3v) is 5.69. The molecule has 0 spiro atoms. The molecule has 0 aromatic heterocycles. The number of para-hydroxylation sites is 1. The van der Waals surface area contributed by atoms with Gasteiger partial charge in [0.15, 0.2) is 5.54 Å². The van der Waals surface area contributed by atoms with Crippen molar-refractivity contribution in [1.82, 2.24) is 0 Å². The van der Waals surface area contributed by atoms with E-state index in [0.717, 1.165) is 0 Å². The Morgan fingerprint density at radius 3 is 2.55 bits per heavy atom. The third kappa shape index (κ3) is 3.61. The van der Waals surface area contributed by atoms with E-state index in [9.17, 15) is 19.7 Å². The summed E-state index contributed by atoms with van der Waals surface area (Å²) in [7, 11) is 0. The van der Waals surface area contributed by atoms with Gasteiger partial charge in [0.25, 0.3) is 11.6 Å². The first kappa shape index (κ1) is 20.5. The van der Waals surface area contributed by atoms with E-state index in [1.54, 1.807) is 50.2 Å². The zero-order chi connectivity index (χ0) is 21.2. The van der Waals surface area contributed by atoms with Crippen LogP contribution in [0.15, 0.2) is 64.8 Å². The minimum absolute atomic E-state index is 0.102. The molecule has 9 heteroatoms. The van der Waals surface area contributed by atoms with Gasteiger partial charge in [0.2, 0.25) is 0 Å². The number of amides is 1. The molecule has 0 aliphatic carbocycles. The van der Waals surface area contributed by atoms with Gasteiger partial charge in [-0.2, -0.15) is 0 Å². The Labute approximate surface area is 175 Å². The molecular weight excluding hydrogens is 442 g/mol. The van der Waals surface area contributed by atoms with Crippen molar-refractivity contribution in [3.63, 3.8) is 0 Å². The first-order chi connectivity index (χ1) is 13.8. The molecule has 1 aliphatic rings. The maximum Gasteiger partial charge on any atom is 0.337 e. The van der Waals surface area contributed by atoms with E-state index in [1.165, 1.54) is 23.1 Å². The molecule has 2 aromatic rings. The number of rotatable bonds is 6. The van der Waals surface area contributed by atoms with Crippen molar-refractivity contribution in [2.75, 3.05) is 16.8 Å². The lowest BCUT2D eigenvalue weighted by Crippen LogP contribution is -2.52. The maximum absolute atomic E-state index is 13.3. The molecule has 0 bridgehead atoms. The number of nitrogens with one attached hydrogen (secondary N) is 1. The van der Waals surface area contributed by atoms with Crippen molar-refractivity contribution >= 4 is 44.9 Å². The molecule has 1 N–H and O–H groups in total. The maximum atomic E-state index is 13.3. The summed E-state index contributed by atoms with van der Waals surface area (Å²) in [5.74, 6) is -1.06. The van der Waals surface area contributed by atoms with Gasteiger partial charge in [0.1, 0.15) is 5.70 Å². The second-order valence-electron chi connectivity index (χ2n) is 6.39. The van der Waals surface area contributed by atoms with Gasteiger partial charge in [-0.15, -0.1) is 0 Å². The second-order valence-corrected chi connectivity index (χ2v) is 7.18. The standard InChI is InChI=1S/C20H18BrN3O5/c1-3-29-19(26)20(2)17(21)16(18(25)23(20)14-9-5-4-6-10-14)22-13-8-7-11-15(12-13)24(27)28/h4-12,22H,3H2,1-2H3. The summed E-state index contributed by atoms with van der Waals surface area (Å²) < 4.78 is 5.52. The van der Waals surface area contributed by atoms with Crippen LogP contribution in [-0.4, -0.2) is 28.9 Å². The highest BCUT2D eigenvalue weighted by atomic mass is 79.9. The van der Waals surface area contributed by atoms with Crippen LogP contribution in [0.1, 0.15) is 13.8 Å². The van der Waals surface area contributed by atoms with Gasteiger partial charge >= 0.3 is 5.97 Å². The lowest BCUT2D eigenvalue weighted by molar-refractivity contribution is -0.384. The Morgan fingerprint density at radius 2 is 1.93 bits per heavy atom. The number of nitro groups is 1. The first-order valence-corrected chi connectivity index (χ1v) is 9.58. The molecule has 1 heterocycles. The van der Waals surface area contributed by atoms with Gasteiger partial charge < -0.3 is 10.1 Å². The number of nitrogens with zero attached hydrogens (tertiary/aromatic N) is 2. The number of carbonyl (C=O) groups is 2. The van der Waals surface area contributed by atoms with E-state index in [4.69, 9.17) is 4.74 Å². The number of hydrogen-bond acceptors (Lipinski definition) is 6. The zero-order valence-electron chi connectivity index (χ0n) is 15.7. The van der Waals surface area contributed by atoms with Gasteiger partial charge in [-0.3, -0.25) is 19.8 Å². The fourth-order valence-electron chi connectivity index (χ4n) is 3.11. The predicted octanol–water partition coefficient (Wildman–Crippen LogP) is 3.98. The summed E-state index contributed by atoms with van der Waals surface area (Å²) in [4.78, 5) is 38.0. The molecular formula is C20H18BrN3O5. The van der Waals surface area contributed by atoms with E-state index in [1.807, 2.05) is 0 Å². The lowest BCUT2D eigenvalue weighted by atomic mass is 10.0. The Hall–Kier alpha value is -3.20. The molecule has 1 unspecified atom stereocenters. The molecule has 1 amide bonds. The van der Waals surface area contributed by atoms with E-state index in [-0.39, 0.29) is 22.5 Å². The summed E-state index contributed by atoms with van der Waals surface area (Å²) in [6.45, 7) is 3.42. The van der Waals surface area contributed by atoms with Gasteiger partial charge in [0.05, 0.1) is 16.0 Å². The summed E-state index contributed by atoms with van der Waals surface area (Å²) in [6, 6.07) is 14.5. The smallest absolute Gasteiger partial charge is 0.337 e. The fourth-order valence-corrected chi connectivity index (χ4v) is 3.71. The quantitative estimate of drug-likeness (QED) is 0.398. The van der Waals surface area contributed by atoms with Gasteiger partial charge in [-0.25, -0.2) is 4.79 Å². The minimum Gasteiger partial charge on any atom is -0.464 e. The number of anilines is 2. The first-order valence-electron chi connectivity index (χ1n) is 8.79. The van der Waals surface area contributed by atoms with Crippen molar-refractivity contribution in [1.29, 1.82) is 0 Å². The number of esters is 1.